The number of halogens is 2. The van der Waals surface area contributed by atoms with Gasteiger partial charge in [-0.3, -0.25) is 0 Å². The van der Waals surface area contributed by atoms with E-state index >= 15 is 0 Å². The second-order valence-corrected chi connectivity index (χ2v) is 4.71. The van der Waals surface area contributed by atoms with E-state index in [-0.39, 0.29) is 17.5 Å². The number of thiol groups is 1. The first-order valence-corrected chi connectivity index (χ1v) is 8.61. The van der Waals surface area contributed by atoms with Crippen LogP contribution in [0.25, 0.3) is 0 Å². The Morgan fingerprint density at radius 2 is 1.81 bits per heavy atom. The highest BCUT2D eigenvalue weighted by Crippen LogP contribution is 2.17. The number of nitrogen functional groups attached to an aromatic ring is 1. The Balaban J connectivity index is -0.000000620. The monoisotopic (exact) mass is 399 g/mol. The van der Waals surface area contributed by atoms with Crippen molar-refractivity contribution in [2.45, 2.75) is 34.6 Å². The van der Waals surface area contributed by atoms with Gasteiger partial charge in [0.1, 0.15) is 11.6 Å². The molecule has 1 heterocycles. The largest absolute Gasteiger partial charge is 0.368 e. The summed E-state index contributed by atoms with van der Waals surface area (Å²) in [6, 6.07) is 1.56. The van der Waals surface area contributed by atoms with Crippen molar-refractivity contribution in [3.8, 4) is 0 Å². The second kappa shape index (κ2) is 19.8. The number of anilines is 2. The minimum absolute atomic E-state index is 0.0490. The standard InChI is InChI=1S/C12H14F2N4S.C3H6.C2H5N.C2H6/c1-7(13)5-10(9(14)3-4-19)17-11-6-8(2)16-12(15)18-11;2*1-3-2;1-2/h3-6,19H,1-2H3,(H3,15,16,17,18);3H,1H2,2H3;1H2,2H3;1-2H3/b4-3+,7-5+,10-9-;;;. The lowest BCUT2D eigenvalue weighted by Crippen LogP contribution is -2.05. The molecule has 0 bridgehead atoms. The fourth-order valence-corrected chi connectivity index (χ4v) is 1.44. The summed E-state index contributed by atoms with van der Waals surface area (Å²) < 4.78 is 26.6. The number of rotatable bonds is 4. The lowest BCUT2D eigenvalue weighted by atomic mass is 10.3. The van der Waals surface area contributed by atoms with Gasteiger partial charge in [0.2, 0.25) is 5.95 Å². The van der Waals surface area contributed by atoms with E-state index in [9.17, 15) is 8.78 Å². The van der Waals surface area contributed by atoms with Crippen LogP contribution in [0.3, 0.4) is 0 Å². The Labute approximate surface area is 167 Å². The highest BCUT2D eigenvalue weighted by atomic mass is 32.1. The molecule has 0 radical (unpaired) electrons. The van der Waals surface area contributed by atoms with Crippen molar-refractivity contribution in [2.24, 2.45) is 4.99 Å². The minimum Gasteiger partial charge on any atom is -0.368 e. The highest BCUT2D eigenvalue weighted by molar-refractivity contribution is 7.83. The molecule has 0 atom stereocenters. The van der Waals surface area contributed by atoms with E-state index in [0.29, 0.717) is 5.69 Å². The summed E-state index contributed by atoms with van der Waals surface area (Å²) in [5, 5.41) is 3.85. The third-order valence-electron chi connectivity index (χ3n) is 1.96. The van der Waals surface area contributed by atoms with Gasteiger partial charge in [0.05, 0.1) is 11.5 Å². The molecule has 5 nitrogen and oxygen atoms in total. The van der Waals surface area contributed by atoms with Gasteiger partial charge in [-0.1, -0.05) is 19.9 Å². The van der Waals surface area contributed by atoms with Gasteiger partial charge in [-0.2, -0.15) is 17.6 Å². The molecule has 0 aliphatic carbocycles. The first-order chi connectivity index (χ1) is 12.7. The lowest BCUT2D eigenvalue weighted by Gasteiger charge is -2.08. The molecule has 3 N–H and O–H groups in total. The molecule has 0 aromatic carbocycles. The number of aliphatic imine (C=N–C) groups is 1. The second-order valence-electron chi connectivity index (χ2n) is 4.41. The molecule has 0 spiro atoms. The average Bonchev–Trinajstić information content (AvgIpc) is 2.56. The summed E-state index contributed by atoms with van der Waals surface area (Å²) >= 11 is 3.76. The summed E-state index contributed by atoms with van der Waals surface area (Å²) in [6.07, 6.45) is 3.85. The van der Waals surface area contributed by atoms with Crippen LogP contribution in [0, 0.1) is 6.92 Å². The molecule has 0 amide bonds. The molecule has 1 rings (SSSR count). The first kappa shape index (κ1) is 29.3. The van der Waals surface area contributed by atoms with Gasteiger partial charge < -0.3 is 16.0 Å². The number of hydrogen-bond acceptors (Lipinski definition) is 6. The van der Waals surface area contributed by atoms with Crippen LogP contribution >= 0.6 is 12.6 Å². The molecule has 0 saturated heterocycles. The Bertz CT molecular complexity index is 611. The lowest BCUT2D eigenvalue weighted by molar-refractivity contribution is 0.632. The minimum atomic E-state index is -0.679. The smallest absolute Gasteiger partial charge is 0.222 e. The molecule has 1 aromatic rings. The zero-order chi connectivity index (χ0) is 21.8. The number of hydrogen-bond donors (Lipinski definition) is 3. The fourth-order valence-electron chi connectivity index (χ4n) is 1.31. The van der Waals surface area contributed by atoms with Crippen LogP contribution in [0.15, 0.2) is 58.6 Å². The quantitative estimate of drug-likeness (QED) is 0.258. The van der Waals surface area contributed by atoms with Crippen LogP contribution in [0.2, 0.25) is 0 Å². The van der Waals surface area contributed by atoms with Crippen LogP contribution in [0.5, 0.6) is 0 Å². The fraction of sp³-hybridized carbons (Fsp3) is 0.316. The zero-order valence-corrected chi connectivity index (χ0v) is 17.8. The van der Waals surface area contributed by atoms with Crippen LogP contribution in [-0.2, 0) is 0 Å². The maximum Gasteiger partial charge on any atom is 0.222 e. The Hall–Kier alpha value is -2.48. The van der Waals surface area contributed by atoms with Gasteiger partial charge >= 0.3 is 0 Å². The SMILES string of the molecule is C=CC.C=NC.CC.C\C(F)=C/C(Nc1cc(C)nc(N)n1)=C(F)\C=C\S. The van der Waals surface area contributed by atoms with Gasteiger partial charge in [-0.15, -0.1) is 6.58 Å². The third-order valence-corrected chi connectivity index (χ3v) is 2.10. The summed E-state index contributed by atoms with van der Waals surface area (Å²) in [6.45, 7) is 15.3. The van der Waals surface area contributed by atoms with Gasteiger partial charge in [0, 0.05) is 18.8 Å². The van der Waals surface area contributed by atoms with E-state index in [1.807, 2.05) is 20.8 Å². The molecule has 0 fully saturated rings. The van der Waals surface area contributed by atoms with Gasteiger partial charge in [0.15, 0.2) is 0 Å². The number of nitrogens with zero attached hydrogens (tertiary/aromatic N) is 3. The van der Waals surface area contributed by atoms with Gasteiger partial charge in [-0.25, -0.2) is 13.8 Å². The Morgan fingerprint density at radius 1 is 1.33 bits per heavy atom. The van der Waals surface area contributed by atoms with Crippen LogP contribution in [0.1, 0.15) is 33.4 Å². The number of nitrogens with two attached hydrogens (primary N) is 1. The zero-order valence-electron chi connectivity index (χ0n) is 16.9. The maximum atomic E-state index is 13.7. The van der Waals surface area contributed by atoms with E-state index in [2.05, 4.69) is 46.2 Å². The van der Waals surface area contributed by atoms with Crippen molar-refractivity contribution in [1.29, 1.82) is 0 Å². The molecule has 27 heavy (non-hydrogen) atoms. The van der Waals surface area contributed by atoms with Crippen molar-refractivity contribution in [3.63, 3.8) is 0 Å². The van der Waals surface area contributed by atoms with E-state index in [0.717, 1.165) is 12.2 Å². The molecular weight excluding hydrogens is 368 g/mol. The summed E-state index contributed by atoms with van der Waals surface area (Å²) in [5.41, 5.74) is 6.01. The molecule has 0 saturated carbocycles. The predicted molar refractivity (Wildman–Crippen MR) is 119 cm³/mol. The summed E-state index contributed by atoms with van der Waals surface area (Å²) in [7, 11) is 1.64. The van der Waals surface area contributed by atoms with Crippen molar-refractivity contribution in [1.82, 2.24) is 9.97 Å². The van der Waals surface area contributed by atoms with Crippen molar-refractivity contribution >= 4 is 31.1 Å². The normalized spacial score (nSPS) is 10.8. The van der Waals surface area contributed by atoms with Crippen LogP contribution in [-0.4, -0.2) is 23.7 Å². The maximum absolute atomic E-state index is 13.7. The molecule has 8 heteroatoms. The topological polar surface area (TPSA) is 76.2 Å². The summed E-state index contributed by atoms with van der Waals surface area (Å²) in [5.74, 6) is -0.904. The average molecular weight is 400 g/mol. The number of nitrogens with one attached hydrogen (secondary N) is 1. The molecule has 1 aromatic heterocycles. The summed E-state index contributed by atoms with van der Waals surface area (Å²) in [4.78, 5) is 11.0. The van der Waals surface area contributed by atoms with E-state index in [1.54, 1.807) is 26.1 Å². The Kier molecular flexibility index (Phi) is 21.5. The molecule has 0 aliphatic heterocycles. The predicted octanol–water partition coefficient (Wildman–Crippen LogP) is 5.81. The molecule has 152 valence electrons. The number of aromatic nitrogens is 2. The first-order valence-electron chi connectivity index (χ1n) is 8.10. The van der Waals surface area contributed by atoms with Crippen molar-refractivity contribution in [2.75, 3.05) is 18.1 Å². The van der Waals surface area contributed by atoms with Crippen LogP contribution in [0.4, 0.5) is 20.5 Å². The molecular formula is C19H31F2N5S. The van der Waals surface area contributed by atoms with E-state index < -0.39 is 11.7 Å². The van der Waals surface area contributed by atoms with Crippen molar-refractivity contribution in [3.05, 3.63) is 59.3 Å². The van der Waals surface area contributed by atoms with Gasteiger partial charge in [-0.05, 0) is 45.0 Å². The van der Waals surface area contributed by atoms with E-state index in [4.69, 9.17) is 5.73 Å². The van der Waals surface area contributed by atoms with E-state index in [1.165, 1.54) is 12.3 Å². The molecule has 0 aliphatic rings. The van der Waals surface area contributed by atoms with Crippen LogP contribution < -0.4 is 11.1 Å². The Morgan fingerprint density at radius 3 is 2.19 bits per heavy atom. The van der Waals surface area contributed by atoms with Crippen molar-refractivity contribution < 1.29 is 8.78 Å². The van der Waals surface area contributed by atoms with Gasteiger partial charge in [0.25, 0.3) is 0 Å². The molecule has 0 unspecified atom stereocenters. The number of aryl methyl sites for hydroxylation is 1. The third kappa shape index (κ3) is 18.1. The highest BCUT2D eigenvalue weighted by Gasteiger charge is 2.06. The number of allylic oxidation sites excluding steroid dienone is 5.